The average Bonchev–Trinajstić information content (AvgIpc) is 2.76. The fraction of sp³-hybridized carbons (Fsp3) is 0.682. The van der Waals surface area contributed by atoms with Crippen molar-refractivity contribution < 1.29 is 27.4 Å². The second-order valence-corrected chi connectivity index (χ2v) is 7.83. The van der Waals surface area contributed by atoms with Crippen LogP contribution < -0.4 is 10.1 Å². The number of ether oxygens (including phenoxy) is 3. The molecule has 9 heteroatoms. The molecular weight excluding hydrogens is 411 g/mol. The van der Waals surface area contributed by atoms with Gasteiger partial charge in [0, 0.05) is 31.8 Å². The average molecular weight is 444 g/mol. The van der Waals surface area contributed by atoms with E-state index in [4.69, 9.17) is 9.47 Å². The van der Waals surface area contributed by atoms with Crippen molar-refractivity contribution in [1.29, 1.82) is 0 Å². The van der Waals surface area contributed by atoms with Gasteiger partial charge in [0.2, 0.25) is 0 Å². The highest BCUT2D eigenvalue weighted by atomic mass is 19.4. The van der Waals surface area contributed by atoms with Crippen LogP contribution in [0.4, 0.5) is 13.2 Å². The standard InChI is InChI=1S/C22H32F3N3O3/c1-2-26-21(27-15-17-7-3-4-9-20(17)31-22(23,24)25)28-12-10-18(11-13-28)30-16-19-8-5-6-14-29-19/h3-4,7,9,18-19H,2,5-6,8,10-16H2,1H3,(H,26,27). The molecule has 174 valence electrons. The number of halogens is 3. The van der Waals surface area contributed by atoms with Crippen molar-refractivity contribution in [1.82, 2.24) is 10.2 Å². The first-order valence-electron chi connectivity index (χ1n) is 11.0. The molecule has 0 aliphatic carbocycles. The van der Waals surface area contributed by atoms with Crippen LogP contribution in [-0.2, 0) is 16.0 Å². The highest BCUT2D eigenvalue weighted by Crippen LogP contribution is 2.27. The molecule has 6 nitrogen and oxygen atoms in total. The molecule has 2 fully saturated rings. The number of rotatable bonds is 7. The highest BCUT2D eigenvalue weighted by Gasteiger charge is 2.32. The largest absolute Gasteiger partial charge is 0.573 e. The summed E-state index contributed by atoms with van der Waals surface area (Å²) in [5.74, 6) is 0.477. The number of hydrogen-bond acceptors (Lipinski definition) is 4. The van der Waals surface area contributed by atoms with Crippen LogP contribution in [0.2, 0.25) is 0 Å². The molecular formula is C22H32F3N3O3. The van der Waals surface area contributed by atoms with E-state index in [0.717, 1.165) is 45.4 Å². The lowest BCUT2D eigenvalue weighted by Crippen LogP contribution is -2.47. The Hall–Kier alpha value is -2.00. The molecule has 3 rings (SSSR count). The number of nitrogens with one attached hydrogen (secondary N) is 1. The van der Waals surface area contributed by atoms with Crippen LogP contribution in [0.25, 0.3) is 0 Å². The summed E-state index contributed by atoms with van der Waals surface area (Å²) in [4.78, 5) is 6.70. The first-order chi connectivity index (χ1) is 14.9. The Balaban J connectivity index is 1.53. The molecule has 1 atom stereocenters. The van der Waals surface area contributed by atoms with Gasteiger partial charge in [-0.2, -0.15) is 0 Å². The lowest BCUT2D eigenvalue weighted by atomic mass is 10.1. The minimum absolute atomic E-state index is 0.101. The highest BCUT2D eigenvalue weighted by molar-refractivity contribution is 5.80. The molecule has 0 amide bonds. The van der Waals surface area contributed by atoms with Crippen molar-refractivity contribution in [3.8, 4) is 5.75 Å². The Morgan fingerprint density at radius 1 is 1.19 bits per heavy atom. The van der Waals surface area contributed by atoms with E-state index in [1.54, 1.807) is 12.1 Å². The van der Waals surface area contributed by atoms with E-state index in [1.807, 2.05) is 6.92 Å². The molecule has 1 N–H and O–H groups in total. The Morgan fingerprint density at radius 3 is 2.65 bits per heavy atom. The third kappa shape index (κ3) is 7.88. The van der Waals surface area contributed by atoms with Gasteiger partial charge in [0.15, 0.2) is 5.96 Å². The summed E-state index contributed by atoms with van der Waals surface area (Å²) in [5.41, 5.74) is 0.390. The smallest absolute Gasteiger partial charge is 0.405 e. The van der Waals surface area contributed by atoms with Crippen LogP contribution in [0.5, 0.6) is 5.75 Å². The summed E-state index contributed by atoms with van der Waals surface area (Å²) in [6.45, 7) is 5.78. The first-order valence-corrected chi connectivity index (χ1v) is 11.0. The summed E-state index contributed by atoms with van der Waals surface area (Å²) >= 11 is 0. The van der Waals surface area contributed by atoms with Crippen LogP contribution in [0.1, 0.15) is 44.6 Å². The summed E-state index contributed by atoms with van der Waals surface area (Å²) in [6, 6.07) is 6.11. The van der Waals surface area contributed by atoms with Gasteiger partial charge in [0.05, 0.1) is 25.4 Å². The number of benzene rings is 1. The third-order valence-corrected chi connectivity index (χ3v) is 5.47. The maximum atomic E-state index is 12.7. The zero-order valence-electron chi connectivity index (χ0n) is 18.0. The van der Waals surface area contributed by atoms with Gasteiger partial charge in [0.1, 0.15) is 5.75 Å². The number of likely N-dealkylation sites (tertiary alicyclic amines) is 1. The number of para-hydroxylation sites is 1. The molecule has 2 aliphatic rings. The van der Waals surface area contributed by atoms with Crippen LogP contribution in [0.15, 0.2) is 29.3 Å². The summed E-state index contributed by atoms with van der Waals surface area (Å²) < 4.78 is 53.9. The van der Waals surface area contributed by atoms with Crippen molar-refractivity contribution in [2.75, 3.05) is 32.8 Å². The minimum atomic E-state index is -4.73. The Labute approximate surface area is 181 Å². The van der Waals surface area contributed by atoms with Gasteiger partial charge >= 0.3 is 6.36 Å². The Morgan fingerprint density at radius 2 is 1.97 bits per heavy atom. The molecule has 2 saturated heterocycles. The van der Waals surface area contributed by atoms with Gasteiger partial charge in [0.25, 0.3) is 0 Å². The van der Waals surface area contributed by atoms with Crippen molar-refractivity contribution in [2.24, 2.45) is 4.99 Å². The zero-order chi connectivity index (χ0) is 22.1. The van der Waals surface area contributed by atoms with E-state index >= 15 is 0 Å². The van der Waals surface area contributed by atoms with Gasteiger partial charge in [-0.25, -0.2) is 4.99 Å². The first kappa shape index (κ1) is 23.7. The topological polar surface area (TPSA) is 55.3 Å². The number of piperidine rings is 1. The second-order valence-electron chi connectivity index (χ2n) is 7.83. The van der Waals surface area contributed by atoms with E-state index in [2.05, 4.69) is 19.9 Å². The van der Waals surface area contributed by atoms with Gasteiger partial charge in [-0.1, -0.05) is 18.2 Å². The lowest BCUT2D eigenvalue weighted by Gasteiger charge is -2.35. The van der Waals surface area contributed by atoms with E-state index in [9.17, 15) is 13.2 Å². The molecule has 1 unspecified atom stereocenters. The fourth-order valence-electron chi connectivity index (χ4n) is 3.86. The van der Waals surface area contributed by atoms with Crippen LogP contribution in [-0.4, -0.2) is 62.3 Å². The normalized spacial score (nSPS) is 21.2. The van der Waals surface area contributed by atoms with Crippen molar-refractivity contribution in [2.45, 2.75) is 64.1 Å². The van der Waals surface area contributed by atoms with E-state index in [-0.39, 0.29) is 24.5 Å². The molecule has 0 saturated carbocycles. The molecule has 31 heavy (non-hydrogen) atoms. The molecule has 0 radical (unpaired) electrons. The molecule has 1 aromatic carbocycles. The van der Waals surface area contributed by atoms with E-state index < -0.39 is 6.36 Å². The molecule has 0 bridgehead atoms. The lowest BCUT2D eigenvalue weighted by molar-refractivity contribution is -0.274. The fourth-order valence-corrected chi connectivity index (χ4v) is 3.86. The van der Waals surface area contributed by atoms with Gasteiger partial charge in [-0.15, -0.1) is 13.2 Å². The number of hydrogen-bond donors (Lipinski definition) is 1. The number of aliphatic imine (C=N–C) groups is 1. The maximum Gasteiger partial charge on any atom is 0.573 e. The number of alkyl halides is 3. The summed E-state index contributed by atoms with van der Waals surface area (Å²) in [6.07, 6.45) is 0.843. The van der Waals surface area contributed by atoms with Crippen LogP contribution in [0, 0.1) is 0 Å². The summed E-state index contributed by atoms with van der Waals surface area (Å²) in [7, 11) is 0. The molecule has 1 aromatic rings. The van der Waals surface area contributed by atoms with E-state index in [0.29, 0.717) is 24.7 Å². The Kier molecular flexibility index (Phi) is 8.83. The van der Waals surface area contributed by atoms with Crippen LogP contribution >= 0.6 is 0 Å². The van der Waals surface area contributed by atoms with Crippen LogP contribution in [0.3, 0.4) is 0 Å². The predicted molar refractivity (Wildman–Crippen MR) is 112 cm³/mol. The quantitative estimate of drug-likeness (QED) is 0.508. The van der Waals surface area contributed by atoms with Crippen molar-refractivity contribution in [3.05, 3.63) is 29.8 Å². The maximum absolute atomic E-state index is 12.7. The Bertz CT molecular complexity index is 701. The third-order valence-electron chi connectivity index (χ3n) is 5.47. The monoisotopic (exact) mass is 443 g/mol. The zero-order valence-corrected chi connectivity index (χ0v) is 18.0. The molecule has 0 aromatic heterocycles. The number of nitrogens with zero attached hydrogens (tertiary/aromatic N) is 2. The second kappa shape index (κ2) is 11.6. The van der Waals surface area contributed by atoms with Crippen molar-refractivity contribution >= 4 is 5.96 Å². The van der Waals surface area contributed by atoms with Gasteiger partial charge < -0.3 is 24.4 Å². The number of guanidine groups is 1. The van der Waals surface area contributed by atoms with E-state index in [1.165, 1.54) is 18.6 Å². The minimum Gasteiger partial charge on any atom is -0.405 e. The van der Waals surface area contributed by atoms with Gasteiger partial charge in [-0.3, -0.25) is 0 Å². The molecule has 0 spiro atoms. The molecule has 2 heterocycles. The molecule has 2 aliphatic heterocycles. The SMILES string of the molecule is CCNC(=NCc1ccccc1OC(F)(F)F)N1CCC(OCC2CCCCO2)CC1. The van der Waals surface area contributed by atoms with Gasteiger partial charge in [-0.05, 0) is 45.1 Å². The summed E-state index contributed by atoms with van der Waals surface area (Å²) in [5, 5.41) is 3.24. The predicted octanol–water partition coefficient (Wildman–Crippen LogP) is 4.10. The van der Waals surface area contributed by atoms with Crippen molar-refractivity contribution in [3.63, 3.8) is 0 Å².